The van der Waals surface area contributed by atoms with Crippen LogP contribution in [0.25, 0.3) is 0 Å². The van der Waals surface area contributed by atoms with E-state index in [2.05, 4.69) is 27.9 Å². The molecule has 2 atom stereocenters. The standard InChI is InChI=1S/C22H30N4O2S/c1-12-10-14(3)18(15(4)11-12)25-20(27)19-16(5)23-22(29-19)26-21(28)24-17-9-7-6-8-13(17)2/h10-11,13,17H,6-9H2,1-5H3,(H,25,27)(H2,23,24,26,28). The van der Waals surface area contributed by atoms with E-state index in [4.69, 9.17) is 0 Å². The summed E-state index contributed by atoms with van der Waals surface area (Å²) in [4.78, 5) is 30.1. The van der Waals surface area contributed by atoms with Gasteiger partial charge in [-0.05, 0) is 57.6 Å². The van der Waals surface area contributed by atoms with Gasteiger partial charge in [0.2, 0.25) is 0 Å². The summed E-state index contributed by atoms with van der Waals surface area (Å²) in [6, 6.07) is 4.03. The molecule has 0 bridgehead atoms. The molecule has 0 aliphatic heterocycles. The first-order valence-electron chi connectivity index (χ1n) is 10.2. The molecule has 2 aromatic rings. The maximum Gasteiger partial charge on any atom is 0.321 e. The zero-order valence-electron chi connectivity index (χ0n) is 17.8. The second kappa shape index (κ2) is 8.95. The largest absolute Gasteiger partial charge is 0.335 e. The molecule has 1 aromatic carbocycles. The second-order valence-electron chi connectivity index (χ2n) is 8.13. The lowest BCUT2D eigenvalue weighted by molar-refractivity contribution is 0.102. The van der Waals surface area contributed by atoms with E-state index in [-0.39, 0.29) is 18.0 Å². The average molecular weight is 415 g/mol. The van der Waals surface area contributed by atoms with Crippen molar-refractivity contribution < 1.29 is 9.59 Å². The summed E-state index contributed by atoms with van der Waals surface area (Å²) in [5.74, 6) is 0.277. The quantitative estimate of drug-likeness (QED) is 0.632. The second-order valence-corrected chi connectivity index (χ2v) is 9.13. The molecule has 1 aliphatic rings. The Bertz CT molecular complexity index is 899. The van der Waals surface area contributed by atoms with Gasteiger partial charge in [0, 0.05) is 11.7 Å². The van der Waals surface area contributed by atoms with Crippen molar-refractivity contribution >= 4 is 34.1 Å². The van der Waals surface area contributed by atoms with Gasteiger partial charge < -0.3 is 10.6 Å². The summed E-state index contributed by atoms with van der Waals surface area (Å²) >= 11 is 1.20. The van der Waals surface area contributed by atoms with Gasteiger partial charge in [-0.25, -0.2) is 9.78 Å². The first-order chi connectivity index (χ1) is 13.7. The highest BCUT2D eigenvalue weighted by atomic mass is 32.1. The van der Waals surface area contributed by atoms with Crippen LogP contribution in [0, 0.1) is 33.6 Å². The van der Waals surface area contributed by atoms with E-state index >= 15 is 0 Å². The number of carbonyl (C=O) groups is 2. The smallest absolute Gasteiger partial charge is 0.321 e. The number of thiazole rings is 1. The minimum absolute atomic E-state index is 0.195. The fourth-order valence-corrected chi connectivity index (χ4v) is 4.90. The van der Waals surface area contributed by atoms with Crippen molar-refractivity contribution in [3.63, 3.8) is 0 Å². The number of benzene rings is 1. The van der Waals surface area contributed by atoms with E-state index in [0.29, 0.717) is 21.6 Å². The fourth-order valence-electron chi connectivity index (χ4n) is 4.04. The summed E-state index contributed by atoms with van der Waals surface area (Å²) < 4.78 is 0. The number of aromatic nitrogens is 1. The van der Waals surface area contributed by atoms with Gasteiger partial charge in [0.15, 0.2) is 5.13 Å². The Hall–Kier alpha value is -2.41. The molecule has 0 radical (unpaired) electrons. The molecule has 3 amide bonds. The number of nitrogens with zero attached hydrogens (tertiary/aromatic N) is 1. The third-order valence-electron chi connectivity index (χ3n) is 5.57. The molecule has 3 N–H and O–H groups in total. The molecule has 156 valence electrons. The molecular weight excluding hydrogens is 384 g/mol. The first kappa shape index (κ1) is 21.3. The summed E-state index contributed by atoms with van der Waals surface area (Å²) in [6.07, 6.45) is 4.52. The van der Waals surface area contributed by atoms with E-state index in [0.717, 1.165) is 41.6 Å². The average Bonchev–Trinajstić information content (AvgIpc) is 3.00. The molecule has 1 aromatic heterocycles. The van der Waals surface area contributed by atoms with Gasteiger partial charge in [0.05, 0.1) is 5.69 Å². The number of anilines is 2. The molecule has 6 nitrogen and oxygen atoms in total. The van der Waals surface area contributed by atoms with Crippen LogP contribution in [-0.2, 0) is 0 Å². The SMILES string of the molecule is Cc1cc(C)c(NC(=O)c2sc(NC(=O)NC3CCCCC3C)nc2C)c(C)c1. The molecule has 3 rings (SSSR count). The third-order valence-corrected chi connectivity index (χ3v) is 6.64. The molecule has 7 heteroatoms. The molecule has 2 unspecified atom stereocenters. The third kappa shape index (κ3) is 5.15. The van der Waals surface area contributed by atoms with E-state index in [9.17, 15) is 9.59 Å². The predicted octanol–water partition coefficient (Wildman–Crippen LogP) is 5.33. The molecule has 29 heavy (non-hydrogen) atoms. The summed E-state index contributed by atoms with van der Waals surface area (Å²) in [6.45, 7) is 9.97. The summed E-state index contributed by atoms with van der Waals surface area (Å²) in [5.41, 5.74) is 4.65. The Kier molecular flexibility index (Phi) is 6.57. The van der Waals surface area contributed by atoms with Crippen LogP contribution in [0.1, 0.15) is 64.7 Å². The lowest BCUT2D eigenvalue weighted by Crippen LogP contribution is -2.43. The van der Waals surface area contributed by atoms with Crippen LogP contribution >= 0.6 is 11.3 Å². The van der Waals surface area contributed by atoms with E-state index in [1.807, 2.05) is 32.9 Å². The Morgan fingerprint density at radius 3 is 2.34 bits per heavy atom. The van der Waals surface area contributed by atoms with E-state index < -0.39 is 0 Å². The Balaban J connectivity index is 1.66. The van der Waals surface area contributed by atoms with Crippen molar-refractivity contribution in [2.24, 2.45) is 5.92 Å². The number of hydrogen-bond acceptors (Lipinski definition) is 4. The van der Waals surface area contributed by atoms with Gasteiger partial charge in [-0.3, -0.25) is 10.1 Å². The molecular formula is C22H30N4O2S. The highest BCUT2D eigenvalue weighted by molar-refractivity contribution is 7.17. The fraction of sp³-hybridized carbons (Fsp3) is 0.500. The van der Waals surface area contributed by atoms with Crippen LogP contribution in [0.2, 0.25) is 0 Å². The van der Waals surface area contributed by atoms with Gasteiger partial charge in [-0.15, -0.1) is 0 Å². The van der Waals surface area contributed by atoms with Gasteiger partial charge >= 0.3 is 6.03 Å². The van der Waals surface area contributed by atoms with Gasteiger partial charge in [-0.1, -0.05) is 48.8 Å². The number of aryl methyl sites for hydroxylation is 4. The van der Waals surface area contributed by atoms with Crippen molar-refractivity contribution in [3.8, 4) is 0 Å². The summed E-state index contributed by atoms with van der Waals surface area (Å²) in [5, 5.41) is 9.29. The van der Waals surface area contributed by atoms with Crippen LogP contribution in [0.4, 0.5) is 15.6 Å². The Morgan fingerprint density at radius 1 is 1.03 bits per heavy atom. The van der Waals surface area contributed by atoms with Crippen LogP contribution in [-0.4, -0.2) is 23.0 Å². The van der Waals surface area contributed by atoms with Crippen molar-refractivity contribution in [1.82, 2.24) is 10.3 Å². The summed E-state index contributed by atoms with van der Waals surface area (Å²) in [7, 11) is 0. The van der Waals surface area contributed by atoms with Gasteiger partial charge in [-0.2, -0.15) is 0 Å². The van der Waals surface area contributed by atoms with Crippen molar-refractivity contribution in [3.05, 3.63) is 39.4 Å². The number of carbonyl (C=O) groups excluding carboxylic acids is 2. The monoisotopic (exact) mass is 414 g/mol. The number of hydrogen-bond donors (Lipinski definition) is 3. The number of nitrogens with one attached hydrogen (secondary N) is 3. The molecule has 1 aliphatic carbocycles. The van der Waals surface area contributed by atoms with Gasteiger partial charge in [0.1, 0.15) is 4.88 Å². The van der Waals surface area contributed by atoms with Crippen LogP contribution < -0.4 is 16.0 Å². The van der Waals surface area contributed by atoms with E-state index in [1.165, 1.54) is 17.8 Å². The Morgan fingerprint density at radius 2 is 1.69 bits per heavy atom. The van der Waals surface area contributed by atoms with Crippen LogP contribution in [0.3, 0.4) is 0 Å². The van der Waals surface area contributed by atoms with Crippen molar-refractivity contribution in [2.75, 3.05) is 10.6 Å². The van der Waals surface area contributed by atoms with Crippen LogP contribution in [0.5, 0.6) is 0 Å². The zero-order valence-corrected chi connectivity index (χ0v) is 18.6. The molecule has 1 fully saturated rings. The van der Waals surface area contributed by atoms with Crippen molar-refractivity contribution in [1.29, 1.82) is 0 Å². The zero-order chi connectivity index (χ0) is 21.1. The number of amides is 3. The van der Waals surface area contributed by atoms with Crippen molar-refractivity contribution in [2.45, 2.75) is 66.3 Å². The molecule has 1 saturated carbocycles. The molecule has 0 saturated heterocycles. The highest BCUT2D eigenvalue weighted by Gasteiger charge is 2.24. The number of rotatable bonds is 4. The topological polar surface area (TPSA) is 83.1 Å². The maximum absolute atomic E-state index is 12.8. The maximum atomic E-state index is 12.8. The van der Waals surface area contributed by atoms with Gasteiger partial charge in [0.25, 0.3) is 5.91 Å². The minimum Gasteiger partial charge on any atom is -0.335 e. The number of urea groups is 1. The normalized spacial score (nSPS) is 18.9. The predicted molar refractivity (Wildman–Crippen MR) is 119 cm³/mol. The van der Waals surface area contributed by atoms with Crippen LogP contribution in [0.15, 0.2) is 12.1 Å². The lowest BCUT2D eigenvalue weighted by Gasteiger charge is -2.29. The molecule has 1 heterocycles. The minimum atomic E-state index is -0.255. The highest BCUT2D eigenvalue weighted by Crippen LogP contribution is 2.27. The van der Waals surface area contributed by atoms with E-state index in [1.54, 1.807) is 6.92 Å². The molecule has 0 spiro atoms. The lowest BCUT2D eigenvalue weighted by atomic mass is 9.86. The first-order valence-corrected chi connectivity index (χ1v) is 11.0. The Labute approximate surface area is 176 Å².